The molecule has 0 spiro atoms. The van der Waals surface area contributed by atoms with E-state index in [0.717, 1.165) is 50.4 Å². The number of hydrogen-bond donors (Lipinski definition) is 1. The minimum Gasteiger partial charge on any atom is -0.781 e. The Bertz CT molecular complexity index is 321. The molecule has 0 aromatic carbocycles. The number of rotatable bonds is 10. The predicted octanol–water partition coefficient (Wildman–Crippen LogP) is 2.93. The van der Waals surface area contributed by atoms with Crippen LogP contribution in [0, 0.1) is 0 Å². The maximum atomic E-state index is 5.34. The molecular formula is C16H31CoN3S2-2. The summed E-state index contributed by atoms with van der Waals surface area (Å²) in [6, 6.07) is 0. The van der Waals surface area contributed by atoms with Gasteiger partial charge in [-0.05, 0) is 51.2 Å². The van der Waals surface area contributed by atoms with Crippen LogP contribution in [0.2, 0.25) is 0 Å². The van der Waals surface area contributed by atoms with Crippen LogP contribution in [0.5, 0.6) is 0 Å². The third-order valence-corrected chi connectivity index (χ3v) is 4.05. The van der Waals surface area contributed by atoms with E-state index in [1.165, 1.54) is 0 Å². The van der Waals surface area contributed by atoms with Gasteiger partial charge in [-0.1, -0.05) is 27.7 Å². The van der Waals surface area contributed by atoms with Gasteiger partial charge < -0.3 is 30.6 Å². The number of hydrogen-bond acceptors (Lipinski definition) is 5. The first-order valence-electron chi connectivity index (χ1n) is 7.70. The van der Waals surface area contributed by atoms with Gasteiger partial charge in [0.2, 0.25) is 0 Å². The summed E-state index contributed by atoms with van der Waals surface area (Å²) in [5.74, 6) is 0. The van der Waals surface area contributed by atoms with Gasteiger partial charge in [0.25, 0.3) is 0 Å². The van der Waals surface area contributed by atoms with Crippen molar-refractivity contribution < 1.29 is 16.8 Å². The van der Waals surface area contributed by atoms with E-state index in [0.29, 0.717) is 0 Å². The van der Waals surface area contributed by atoms with E-state index in [4.69, 9.17) is 25.3 Å². The van der Waals surface area contributed by atoms with Crippen LogP contribution < -0.4 is 5.32 Å². The minimum atomic E-state index is -0.220. The molecule has 0 saturated carbocycles. The predicted molar refractivity (Wildman–Crippen MR) is 101 cm³/mol. The van der Waals surface area contributed by atoms with Crippen molar-refractivity contribution in [3.63, 3.8) is 0 Å². The monoisotopic (exact) mass is 388 g/mol. The van der Waals surface area contributed by atoms with Crippen LogP contribution in [0.1, 0.15) is 54.4 Å². The zero-order chi connectivity index (χ0) is 16.5. The second-order valence-corrected chi connectivity index (χ2v) is 8.45. The van der Waals surface area contributed by atoms with Gasteiger partial charge in [-0.15, -0.1) is 9.49 Å². The quantitative estimate of drug-likeness (QED) is 0.355. The van der Waals surface area contributed by atoms with Crippen molar-refractivity contribution >= 4 is 36.7 Å². The molecule has 133 valence electrons. The van der Waals surface area contributed by atoms with E-state index >= 15 is 0 Å². The summed E-state index contributed by atoms with van der Waals surface area (Å²) in [5.41, 5.74) is 2.10. The Labute approximate surface area is 158 Å². The number of aliphatic imine (C=N–C) groups is 2. The first-order chi connectivity index (χ1) is 9.55. The second kappa shape index (κ2) is 12.0. The van der Waals surface area contributed by atoms with Crippen LogP contribution >= 0.6 is 0 Å². The van der Waals surface area contributed by atoms with E-state index in [1.807, 2.05) is 41.5 Å². The molecule has 0 aliphatic carbocycles. The Morgan fingerprint density at radius 2 is 1.14 bits per heavy atom. The number of nitrogens with zero attached hydrogens (tertiary/aromatic N) is 2. The Morgan fingerprint density at radius 3 is 1.41 bits per heavy atom. The van der Waals surface area contributed by atoms with Crippen LogP contribution in [0.3, 0.4) is 0 Å². The number of nitrogens with one attached hydrogen (secondary N) is 1. The van der Waals surface area contributed by atoms with E-state index in [2.05, 4.69) is 15.3 Å². The van der Waals surface area contributed by atoms with Crippen LogP contribution in [0.15, 0.2) is 9.98 Å². The van der Waals surface area contributed by atoms with E-state index in [-0.39, 0.29) is 26.3 Å². The third kappa shape index (κ3) is 13.0. The largest absolute Gasteiger partial charge is 0.781 e. The fourth-order valence-corrected chi connectivity index (χ4v) is 1.54. The zero-order valence-electron chi connectivity index (χ0n) is 14.8. The van der Waals surface area contributed by atoms with E-state index in [9.17, 15) is 0 Å². The molecule has 0 heterocycles. The van der Waals surface area contributed by atoms with Crippen LogP contribution in [0.25, 0.3) is 0 Å². The fraction of sp³-hybridized carbons (Fsp3) is 0.875. The maximum absolute atomic E-state index is 5.34. The van der Waals surface area contributed by atoms with Crippen LogP contribution in [0.4, 0.5) is 0 Å². The first kappa shape index (κ1) is 24.8. The van der Waals surface area contributed by atoms with Gasteiger partial charge in [0.15, 0.2) is 0 Å². The molecule has 3 nitrogen and oxygen atoms in total. The molecule has 0 bridgehead atoms. The molecule has 22 heavy (non-hydrogen) atoms. The van der Waals surface area contributed by atoms with Gasteiger partial charge >= 0.3 is 0 Å². The third-order valence-electron chi connectivity index (χ3n) is 3.46. The van der Waals surface area contributed by atoms with Crippen molar-refractivity contribution in [1.29, 1.82) is 0 Å². The average molecular weight is 389 g/mol. The summed E-state index contributed by atoms with van der Waals surface area (Å²) in [5, 5.41) is 3.42. The summed E-state index contributed by atoms with van der Waals surface area (Å²) in [4.78, 5) is 9.04. The molecule has 0 aromatic rings. The summed E-state index contributed by atoms with van der Waals surface area (Å²) in [6.45, 7) is 15.8. The second-order valence-electron chi connectivity index (χ2n) is 6.41. The smallest absolute Gasteiger partial charge is 0.0400 e. The maximum Gasteiger partial charge on any atom is 0.0400 e. The molecule has 0 saturated heterocycles. The topological polar surface area (TPSA) is 36.8 Å². The molecule has 0 rings (SSSR count). The Hall–Kier alpha value is 0.506. The van der Waals surface area contributed by atoms with Crippen molar-refractivity contribution in [2.45, 2.75) is 63.9 Å². The summed E-state index contributed by atoms with van der Waals surface area (Å²) in [6.07, 6.45) is 2.09. The van der Waals surface area contributed by atoms with Crippen molar-refractivity contribution in [2.75, 3.05) is 26.2 Å². The summed E-state index contributed by atoms with van der Waals surface area (Å²) >= 11 is 10.7. The van der Waals surface area contributed by atoms with Gasteiger partial charge in [0.05, 0.1) is 0 Å². The molecule has 0 aliphatic heterocycles. The minimum absolute atomic E-state index is 0. The van der Waals surface area contributed by atoms with Gasteiger partial charge in [0.1, 0.15) is 0 Å². The Balaban J connectivity index is 0. The molecule has 1 N–H and O–H groups in total. The van der Waals surface area contributed by atoms with Gasteiger partial charge in [-0.3, -0.25) is 9.98 Å². The Kier molecular flexibility index (Phi) is 13.5. The van der Waals surface area contributed by atoms with Crippen LogP contribution in [-0.2, 0) is 42.0 Å². The molecule has 0 aromatic heterocycles. The standard InChI is InChI=1S/C16H33N3S2.Co/c1-13(15(3,4)20)18-11-7-9-17-10-8-12-19-14(2)16(5,6)21;/h17,20-21H,7-12H2,1-6H3;/p-2. The summed E-state index contributed by atoms with van der Waals surface area (Å²) < 4.78 is -0.441. The fourth-order valence-electron chi connectivity index (χ4n) is 1.41. The molecule has 1 radical (unpaired) electrons. The summed E-state index contributed by atoms with van der Waals surface area (Å²) in [7, 11) is 0. The molecule has 6 heteroatoms. The van der Waals surface area contributed by atoms with Crippen molar-refractivity contribution in [3.05, 3.63) is 0 Å². The Morgan fingerprint density at radius 1 is 0.818 bits per heavy atom. The van der Waals surface area contributed by atoms with Crippen molar-refractivity contribution in [1.82, 2.24) is 5.32 Å². The molecule has 0 amide bonds. The normalized spacial score (nSPS) is 14.0. The van der Waals surface area contributed by atoms with E-state index in [1.54, 1.807) is 0 Å². The van der Waals surface area contributed by atoms with Crippen molar-refractivity contribution in [2.24, 2.45) is 9.98 Å². The van der Waals surface area contributed by atoms with Gasteiger partial charge in [-0.25, -0.2) is 0 Å². The molecular weight excluding hydrogens is 357 g/mol. The zero-order valence-corrected chi connectivity index (χ0v) is 17.5. The average Bonchev–Trinajstić information content (AvgIpc) is 2.33. The molecule has 0 aliphatic rings. The molecule has 0 unspecified atom stereocenters. The van der Waals surface area contributed by atoms with Crippen LogP contribution in [-0.4, -0.2) is 47.1 Å². The SMILES string of the molecule is CC(=NCCCNCCCN=C(C)C(C)(C)[S-])C(C)(C)[S-].[Co]. The van der Waals surface area contributed by atoms with Crippen molar-refractivity contribution in [3.8, 4) is 0 Å². The first-order valence-corrected chi connectivity index (χ1v) is 8.51. The molecule has 0 fully saturated rings. The van der Waals surface area contributed by atoms with E-state index < -0.39 is 0 Å². The molecule has 0 atom stereocenters. The van der Waals surface area contributed by atoms with Gasteiger partial charge in [-0.2, -0.15) is 0 Å². The van der Waals surface area contributed by atoms with Gasteiger partial charge in [0, 0.05) is 29.9 Å².